The van der Waals surface area contributed by atoms with Gasteiger partial charge in [0.05, 0.1) is 17.2 Å². The number of anilines is 1. The number of non-ortho nitro benzene ring substituents is 1. The van der Waals surface area contributed by atoms with Crippen LogP contribution < -0.4 is 15.0 Å². The lowest BCUT2D eigenvalue weighted by atomic mass is 10.1. The third kappa shape index (κ3) is 6.75. The number of halogens is 1. The number of barbiturate groups is 1. The number of nitro benzene ring substituents is 1. The normalized spacial score (nSPS) is 14.9. The number of nitrogens with one attached hydrogen (secondary N) is 1. The summed E-state index contributed by atoms with van der Waals surface area (Å²) >= 11 is 3.40. The molecule has 0 atom stereocenters. The molecule has 1 aliphatic heterocycles. The number of unbranched alkanes of at least 4 members (excludes halogenated alkanes) is 5. The third-order valence-electron chi connectivity index (χ3n) is 5.45. The highest BCUT2D eigenvalue weighted by atomic mass is 79.9. The molecule has 2 aromatic carbocycles. The van der Waals surface area contributed by atoms with E-state index in [1.165, 1.54) is 49.6 Å². The Bertz CT molecular complexity index is 1150. The largest absolute Gasteiger partial charge is 0.493 e. The minimum atomic E-state index is -0.931. The molecule has 35 heavy (non-hydrogen) atoms. The molecule has 0 spiro atoms. The number of amides is 4. The van der Waals surface area contributed by atoms with Gasteiger partial charge in [-0.05, 0) is 42.8 Å². The van der Waals surface area contributed by atoms with E-state index in [-0.39, 0.29) is 16.9 Å². The van der Waals surface area contributed by atoms with Gasteiger partial charge >= 0.3 is 6.03 Å². The van der Waals surface area contributed by atoms with E-state index in [1.54, 1.807) is 18.2 Å². The van der Waals surface area contributed by atoms with Crippen molar-refractivity contribution in [3.63, 3.8) is 0 Å². The number of benzene rings is 2. The molecule has 1 N–H and O–H groups in total. The summed E-state index contributed by atoms with van der Waals surface area (Å²) in [5.41, 5.74) is 0.157. The monoisotopic (exact) mass is 543 g/mol. The number of rotatable bonds is 11. The van der Waals surface area contributed by atoms with Gasteiger partial charge in [0.15, 0.2) is 0 Å². The number of imide groups is 2. The molecule has 0 aliphatic carbocycles. The fourth-order valence-electron chi connectivity index (χ4n) is 3.60. The second kappa shape index (κ2) is 12.3. The summed E-state index contributed by atoms with van der Waals surface area (Å²) in [4.78, 5) is 49.2. The van der Waals surface area contributed by atoms with E-state index in [2.05, 4.69) is 28.2 Å². The molecule has 184 valence electrons. The smallest absolute Gasteiger partial charge is 0.335 e. The summed E-state index contributed by atoms with van der Waals surface area (Å²) in [7, 11) is 0. The standard InChI is InChI=1S/C25H26BrN3O6/c1-2-3-4-5-6-7-14-35-22-13-8-18(26)15-17(22)16-21-23(30)27-25(32)28(24(21)31)19-9-11-20(12-10-19)29(33)34/h8-13,15-16H,2-7,14H2,1H3,(H,27,30,32)/b21-16-. The molecule has 3 rings (SSSR count). The van der Waals surface area contributed by atoms with Gasteiger partial charge in [-0.1, -0.05) is 55.0 Å². The first-order valence-corrected chi connectivity index (χ1v) is 12.2. The molecule has 1 saturated heterocycles. The molecule has 4 amide bonds. The highest BCUT2D eigenvalue weighted by molar-refractivity contribution is 9.10. The molecule has 9 nitrogen and oxygen atoms in total. The van der Waals surface area contributed by atoms with E-state index in [9.17, 15) is 24.5 Å². The Kier molecular flexibility index (Phi) is 9.13. The van der Waals surface area contributed by atoms with Crippen LogP contribution in [0.5, 0.6) is 5.75 Å². The Morgan fingerprint density at radius 3 is 2.40 bits per heavy atom. The van der Waals surface area contributed by atoms with Crippen molar-refractivity contribution in [3.8, 4) is 5.75 Å². The van der Waals surface area contributed by atoms with Gasteiger partial charge in [-0.2, -0.15) is 0 Å². The van der Waals surface area contributed by atoms with E-state index in [1.807, 2.05) is 0 Å². The van der Waals surface area contributed by atoms with Gasteiger partial charge in [0.1, 0.15) is 11.3 Å². The molecule has 1 aliphatic rings. The summed E-state index contributed by atoms with van der Waals surface area (Å²) in [5.74, 6) is -1.16. The number of urea groups is 1. The van der Waals surface area contributed by atoms with Gasteiger partial charge in [0.25, 0.3) is 17.5 Å². The maximum absolute atomic E-state index is 13.1. The first-order chi connectivity index (χ1) is 16.8. The molecule has 0 bridgehead atoms. The number of nitrogens with zero attached hydrogens (tertiary/aromatic N) is 2. The zero-order valence-electron chi connectivity index (χ0n) is 19.3. The van der Waals surface area contributed by atoms with E-state index in [0.29, 0.717) is 17.9 Å². The van der Waals surface area contributed by atoms with Gasteiger partial charge < -0.3 is 4.74 Å². The average Bonchev–Trinajstić information content (AvgIpc) is 2.82. The van der Waals surface area contributed by atoms with Gasteiger partial charge in [0, 0.05) is 22.2 Å². The van der Waals surface area contributed by atoms with Crippen LogP contribution in [0.4, 0.5) is 16.2 Å². The quantitative estimate of drug-likeness (QED) is 0.126. The summed E-state index contributed by atoms with van der Waals surface area (Å²) < 4.78 is 6.65. The van der Waals surface area contributed by atoms with E-state index >= 15 is 0 Å². The predicted molar refractivity (Wildman–Crippen MR) is 135 cm³/mol. The summed E-state index contributed by atoms with van der Waals surface area (Å²) in [6.45, 7) is 2.67. The van der Waals surface area contributed by atoms with Crippen molar-refractivity contribution in [2.75, 3.05) is 11.5 Å². The predicted octanol–water partition coefficient (Wildman–Crippen LogP) is 5.76. The molecule has 0 saturated carbocycles. The van der Waals surface area contributed by atoms with Crippen LogP contribution in [-0.2, 0) is 9.59 Å². The molecule has 10 heteroatoms. The summed E-state index contributed by atoms with van der Waals surface area (Å²) in [6, 6.07) is 9.24. The lowest BCUT2D eigenvalue weighted by molar-refractivity contribution is -0.384. The Hall–Kier alpha value is -3.53. The van der Waals surface area contributed by atoms with Crippen LogP contribution in [0.3, 0.4) is 0 Å². The second-order valence-corrected chi connectivity index (χ2v) is 8.95. The van der Waals surface area contributed by atoms with Gasteiger partial charge in [-0.3, -0.25) is 25.0 Å². The second-order valence-electron chi connectivity index (χ2n) is 8.03. The fraction of sp³-hybridized carbons (Fsp3) is 0.320. The van der Waals surface area contributed by atoms with Gasteiger partial charge in [-0.15, -0.1) is 0 Å². The molecular weight excluding hydrogens is 518 g/mol. The van der Waals surface area contributed by atoms with Crippen LogP contribution in [0.25, 0.3) is 6.08 Å². The van der Waals surface area contributed by atoms with Crippen LogP contribution in [0.1, 0.15) is 51.0 Å². The van der Waals surface area contributed by atoms with Gasteiger partial charge in [-0.25, -0.2) is 9.69 Å². The van der Waals surface area contributed by atoms with Gasteiger partial charge in [0.2, 0.25) is 0 Å². The van der Waals surface area contributed by atoms with Crippen molar-refractivity contribution in [2.45, 2.75) is 45.4 Å². The lowest BCUT2D eigenvalue weighted by Gasteiger charge is -2.26. The zero-order chi connectivity index (χ0) is 25.4. The summed E-state index contributed by atoms with van der Waals surface area (Å²) in [6.07, 6.45) is 8.08. The van der Waals surface area contributed by atoms with Crippen molar-refractivity contribution in [3.05, 3.63) is 68.2 Å². The Balaban J connectivity index is 1.81. The first kappa shape index (κ1) is 26.1. The molecule has 0 radical (unpaired) electrons. The maximum Gasteiger partial charge on any atom is 0.335 e. The molecular formula is C25H26BrN3O6. The van der Waals surface area contributed by atoms with Crippen LogP contribution in [0, 0.1) is 10.1 Å². The minimum Gasteiger partial charge on any atom is -0.493 e. The van der Waals surface area contributed by atoms with Crippen LogP contribution in [-0.4, -0.2) is 29.4 Å². The topological polar surface area (TPSA) is 119 Å². The van der Waals surface area contributed by atoms with Crippen LogP contribution >= 0.6 is 15.9 Å². The third-order valence-corrected chi connectivity index (χ3v) is 5.94. The fourth-order valence-corrected chi connectivity index (χ4v) is 3.98. The van der Waals surface area contributed by atoms with E-state index in [0.717, 1.165) is 28.6 Å². The van der Waals surface area contributed by atoms with E-state index in [4.69, 9.17) is 4.74 Å². The Morgan fingerprint density at radius 1 is 1.03 bits per heavy atom. The highest BCUT2D eigenvalue weighted by Gasteiger charge is 2.37. The number of nitro groups is 1. The van der Waals surface area contributed by atoms with Crippen LogP contribution in [0.2, 0.25) is 0 Å². The SMILES string of the molecule is CCCCCCCCOc1ccc(Br)cc1/C=C1/C(=O)NC(=O)N(c2ccc([N+](=O)[O-])cc2)C1=O. The molecule has 1 fully saturated rings. The van der Waals surface area contributed by atoms with Crippen molar-refractivity contribution in [1.82, 2.24) is 5.32 Å². The van der Waals surface area contributed by atoms with Crippen molar-refractivity contribution >= 4 is 51.2 Å². The zero-order valence-corrected chi connectivity index (χ0v) is 20.9. The minimum absolute atomic E-state index is 0.102. The van der Waals surface area contributed by atoms with Crippen LogP contribution in [0.15, 0.2) is 52.5 Å². The number of carbonyl (C=O) groups excluding carboxylic acids is 3. The van der Waals surface area contributed by atoms with Crippen molar-refractivity contribution < 1.29 is 24.0 Å². The lowest BCUT2D eigenvalue weighted by Crippen LogP contribution is -2.54. The highest BCUT2D eigenvalue weighted by Crippen LogP contribution is 2.29. The number of carbonyl (C=O) groups is 3. The number of ether oxygens (including phenoxy) is 1. The maximum atomic E-state index is 13.1. The molecule has 2 aromatic rings. The Labute approximate surface area is 211 Å². The van der Waals surface area contributed by atoms with Crippen molar-refractivity contribution in [2.24, 2.45) is 0 Å². The summed E-state index contributed by atoms with van der Waals surface area (Å²) in [5, 5.41) is 13.1. The molecule has 1 heterocycles. The number of hydrogen-bond donors (Lipinski definition) is 1. The molecule has 0 aromatic heterocycles. The van der Waals surface area contributed by atoms with E-state index < -0.39 is 22.8 Å². The first-order valence-electron chi connectivity index (χ1n) is 11.4. The van der Waals surface area contributed by atoms with Crippen molar-refractivity contribution in [1.29, 1.82) is 0 Å². The average molecular weight is 544 g/mol. The Morgan fingerprint density at radius 2 is 1.71 bits per heavy atom. The molecule has 0 unspecified atom stereocenters. The number of hydrogen-bond acceptors (Lipinski definition) is 6.